The standard InChI is InChI=1S/C15H20N2O2/c1-10(7-8-18)9-16-15(19)14-11(2)17-13-6-4-3-5-12(13)14/h3-6,10,17-18H,7-9H2,1-2H3,(H,16,19). The zero-order valence-electron chi connectivity index (χ0n) is 11.4. The predicted molar refractivity (Wildman–Crippen MR) is 76.2 cm³/mol. The summed E-state index contributed by atoms with van der Waals surface area (Å²) < 4.78 is 0. The number of fused-ring (bicyclic) bond motifs is 1. The molecule has 1 aromatic heterocycles. The Labute approximate surface area is 112 Å². The number of amides is 1. The second-order valence-corrected chi connectivity index (χ2v) is 5.00. The van der Waals surface area contributed by atoms with Crippen LogP contribution in [0.2, 0.25) is 0 Å². The molecule has 102 valence electrons. The monoisotopic (exact) mass is 260 g/mol. The highest BCUT2D eigenvalue weighted by molar-refractivity contribution is 6.08. The molecule has 0 aliphatic heterocycles. The molecular formula is C15H20N2O2. The van der Waals surface area contributed by atoms with Gasteiger partial charge in [-0.15, -0.1) is 0 Å². The zero-order chi connectivity index (χ0) is 13.8. The number of carbonyl (C=O) groups is 1. The van der Waals surface area contributed by atoms with Crippen molar-refractivity contribution >= 4 is 16.8 Å². The quantitative estimate of drug-likeness (QED) is 0.771. The Balaban J connectivity index is 2.15. The second-order valence-electron chi connectivity index (χ2n) is 5.00. The molecule has 0 saturated carbocycles. The number of aromatic amines is 1. The van der Waals surface area contributed by atoms with E-state index in [0.29, 0.717) is 18.5 Å². The molecule has 1 amide bonds. The smallest absolute Gasteiger partial charge is 0.253 e. The number of nitrogens with one attached hydrogen (secondary N) is 2. The van der Waals surface area contributed by atoms with Crippen LogP contribution in [0.5, 0.6) is 0 Å². The van der Waals surface area contributed by atoms with Gasteiger partial charge in [-0.25, -0.2) is 0 Å². The van der Waals surface area contributed by atoms with Gasteiger partial charge in [0.15, 0.2) is 0 Å². The summed E-state index contributed by atoms with van der Waals surface area (Å²) in [4.78, 5) is 15.5. The lowest BCUT2D eigenvalue weighted by atomic mass is 10.1. The fraction of sp³-hybridized carbons (Fsp3) is 0.400. The van der Waals surface area contributed by atoms with Gasteiger partial charge in [0.05, 0.1) is 5.56 Å². The molecule has 0 aliphatic carbocycles. The second kappa shape index (κ2) is 5.89. The van der Waals surface area contributed by atoms with Crippen molar-refractivity contribution in [3.63, 3.8) is 0 Å². The van der Waals surface area contributed by atoms with Crippen LogP contribution in [0.1, 0.15) is 29.4 Å². The van der Waals surface area contributed by atoms with Gasteiger partial charge in [-0.1, -0.05) is 25.1 Å². The van der Waals surface area contributed by atoms with Gasteiger partial charge >= 0.3 is 0 Å². The molecule has 1 heterocycles. The van der Waals surface area contributed by atoms with Gasteiger partial charge < -0.3 is 15.4 Å². The fourth-order valence-electron chi connectivity index (χ4n) is 2.25. The summed E-state index contributed by atoms with van der Waals surface area (Å²) in [7, 11) is 0. The molecule has 2 aromatic rings. The largest absolute Gasteiger partial charge is 0.396 e. The number of carbonyl (C=O) groups excluding carboxylic acids is 1. The Morgan fingerprint density at radius 1 is 1.42 bits per heavy atom. The molecule has 1 unspecified atom stereocenters. The first-order chi connectivity index (χ1) is 9.13. The summed E-state index contributed by atoms with van der Waals surface area (Å²) in [6, 6.07) is 7.79. The summed E-state index contributed by atoms with van der Waals surface area (Å²) >= 11 is 0. The Morgan fingerprint density at radius 3 is 2.89 bits per heavy atom. The molecule has 0 saturated heterocycles. The van der Waals surface area contributed by atoms with E-state index in [0.717, 1.165) is 16.6 Å². The third kappa shape index (κ3) is 2.96. The summed E-state index contributed by atoms with van der Waals surface area (Å²) in [5.74, 6) is 0.221. The molecule has 4 nitrogen and oxygen atoms in total. The highest BCUT2D eigenvalue weighted by Crippen LogP contribution is 2.21. The van der Waals surface area contributed by atoms with E-state index in [2.05, 4.69) is 10.3 Å². The van der Waals surface area contributed by atoms with Gasteiger partial charge in [-0.3, -0.25) is 4.79 Å². The van der Waals surface area contributed by atoms with Crippen LogP contribution in [-0.2, 0) is 0 Å². The number of aliphatic hydroxyl groups is 1. The van der Waals surface area contributed by atoms with E-state index in [4.69, 9.17) is 5.11 Å². The van der Waals surface area contributed by atoms with E-state index in [-0.39, 0.29) is 18.4 Å². The Morgan fingerprint density at radius 2 is 2.16 bits per heavy atom. The lowest BCUT2D eigenvalue weighted by Gasteiger charge is -2.11. The molecular weight excluding hydrogens is 240 g/mol. The van der Waals surface area contributed by atoms with Crippen LogP contribution >= 0.6 is 0 Å². The molecule has 4 heteroatoms. The van der Waals surface area contributed by atoms with Crippen LogP contribution in [0, 0.1) is 12.8 Å². The minimum Gasteiger partial charge on any atom is -0.396 e. The SMILES string of the molecule is Cc1[nH]c2ccccc2c1C(=O)NCC(C)CCO. The van der Waals surface area contributed by atoms with E-state index in [1.54, 1.807) is 0 Å². The van der Waals surface area contributed by atoms with Crippen molar-refractivity contribution < 1.29 is 9.90 Å². The average molecular weight is 260 g/mol. The van der Waals surface area contributed by atoms with Crippen molar-refractivity contribution in [3.05, 3.63) is 35.5 Å². The van der Waals surface area contributed by atoms with Crippen LogP contribution in [0.3, 0.4) is 0 Å². The topological polar surface area (TPSA) is 65.1 Å². The number of benzene rings is 1. The number of H-pyrrole nitrogens is 1. The van der Waals surface area contributed by atoms with Crippen LogP contribution in [0.25, 0.3) is 10.9 Å². The third-order valence-electron chi connectivity index (χ3n) is 3.35. The number of rotatable bonds is 5. The molecule has 0 fully saturated rings. The molecule has 19 heavy (non-hydrogen) atoms. The molecule has 0 aliphatic rings. The lowest BCUT2D eigenvalue weighted by molar-refractivity contribution is 0.0946. The van der Waals surface area contributed by atoms with Gasteiger partial charge in [0.25, 0.3) is 5.91 Å². The van der Waals surface area contributed by atoms with Crippen molar-refractivity contribution in [3.8, 4) is 0 Å². The van der Waals surface area contributed by atoms with Gasteiger partial charge in [0.1, 0.15) is 0 Å². The minimum atomic E-state index is -0.0558. The maximum Gasteiger partial charge on any atom is 0.253 e. The molecule has 0 spiro atoms. The molecule has 3 N–H and O–H groups in total. The zero-order valence-corrected chi connectivity index (χ0v) is 11.4. The number of aromatic nitrogens is 1. The Hall–Kier alpha value is -1.81. The van der Waals surface area contributed by atoms with Crippen molar-refractivity contribution in [1.29, 1.82) is 0 Å². The van der Waals surface area contributed by atoms with Gasteiger partial charge in [-0.05, 0) is 25.3 Å². The van der Waals surface area contributed by atoms with Crippen molar-refractivity contribution in [2.75, 3.05) is 13.2 Å². The highest BCUT2D eigenvalue weighted by Gasteiger charge is 2.15. The number of para-hydroxylation sites is 1. The van der Waals surface area contributed by atoms with Crippen molar-refractivity contribution in [2.24, 2.45) is 5.92 Å². The first-order valence-electron chi connectivity index (χ1n) is 6.60. The molecule has 1 aromatic carbocycles. The van der Waals surface area contributed by atoms with Crippen LogP contribution in [0.15, 0.2) is 24.3 Å². The van der Waals surface area contributed by atoms with Gasteiger partial charge in [0, 0.05) is 29.7 Å². The highest BCUT2D eigenvalue weighted by atomic mass is 16.3. The Kier molecular flexibility index (Phi) is 4.22. The summed E-state index contributed by atoms with van der Waals surface area (Å²) in [6.45, 7) is 4.66. The average Bonchev–Trinajstić information content (AvgIpc) is 2.72. The van der Waals surface area contributed by atoms with Crippen LogP contribution < -0.4 is 5.32 Å². The van der Waals surface area contributed by atoms with E-state index in [1.807, 2.05) is 38.1 Å². The van der Waals surface area contributed by atoms with E-state index in [9.17, 15) is 4.79 Å². The lowest BCUT2D eigenvalue weighted by Crippen LogP contribution is -2.29. The maximum absolute atomic E-state index is 12.3. The van der Waals surface area contributed by atoms with Gasteiger partial charge in [-0.2, -0.15) is 0 Å². The first kappa shape index (κ1) is 13.6. The van der Waals surface area contributed by atoms with E-state index >= 15 is 0 Å². The number of aryl methyl sites for hydroxylation is 1. The molecule has 1 atom stereocenters. The van der Waals surface area contributed by atoms with Gasteiger partial charge in [0.2, 0.25) is 0 Å². The number of hydrogen-bond donors (Lipinski definition) is 3. The normalized spacial score (nSPS) is 12.6. The van der Waals surface area contributed by atoms with E-state index < -0.39 is 0 Å². The molecule has 2 rings (SSSR count). The minimum absolute atomic E-state index is 0.0558. The van der Waals surface area contributed by atoms with Crippen molar-refractivity contribution in [2.45, 2.75) is 20.3 Å². The third-order valence-corrected chi connectivity index (χ3v) is 3.35. The Bertz CT molecular complexity index is 575. The van der Waals surface area contributed by atoms with Crippen LogP contribution in [0.4, 0.5) is 0 Å². The predicted octanol–water partition coefficient (Wildman–Crippen LogP) is 2.22. The van der Waals surface area contributed by atoms with Crippen molar-refractivity contribution in [1.82, 2.24) is 10.3 Å². The first-order valence-corrected chi connectivity index (χ1v) is 6.60. The summed E-state index contributed by atoms with van der Waals surface area (Å²) in [5.41, 5.74) is 2.58. The van der Waals surface area contributed by atoms with E-state index in [1.165, 1.54) is 0 Å². The van der Waals surface area contributed by atoms with Crippen LogP contribution in [-0.4, -0.2) is 29.1 Å². The summed E-state index contributed by atoms with van der Waals surface area (Å²) in [5, 5.41) is 12.7. The number of aliphatic hydroxyl groups excluding tert-OH is 1. The molecule has 0 radical (unpaired) electrons. The maximum atomic E-state index is 12.3. The number of hydrogen-bond acceptors (Lipinski definition) is 2. The fourth-order valence-corrected chi connectivity index (χ4v) is 2.25. The summed E-state index contributed by atoms with van der Waals surface area (Å²) in [6.07, 6.45) is 0.702. The molecule has 0 bridgehead atoms.